The number of carboxylic acids is 1. The topological polar surface area (TPSA) is 171 Å². The third-order valence-corrected chi connectivity index (χ3v) is 7.53. The summed E-state index contributed by atoms with van der Waals surface area (Å²) in [6.45, 7) is 0. The number of hydrogen-bond donors (Lipinski definition) is 2. The number of hydrogen-bond acceptors (Lipinski definition) is 9. The summed E-state index contributed by atoms with van der Waals surface area (Å²) in [7, 11) is -5.19. The third-order valence-electron chi connectivity index (χ3n) is 6.65. The zero-order valence-corrected chi connectivity index (χ0v) is 21.6. The van der Waals surface area contributed by atoms with Gasteiger partial charge in [0, 0.05) is 81.3 Å². The van der Waals surface area contributed by atoms with Crippen molar-refractivity contribution >= 4 is 27.1 Å². The van der Waals surface area contributed by atoms with Crippen LogP contribution in [0.15, 0.2) is 106 Å². The Morgan fingerprint density at radius 2 is 1.51 bits per heavy atom. The number of carbonyl (C=O) groups is 1. The molecule has 202 valence electrons. The van der Waals surface area contributed by atoms with Gasteiger partial charge in [0.15, 0.2) is 5.43 Å². The van der Waals surface area contributed by atoms with E-state index in [2.05, 4.69) is 9.97 Å². The lowest BCUT2D eigenvalue weighted by Crippen LogP contribution is -2.08. The molecule has 10 nitrogen and oxygen atoms in total. The Morgan fingerprint density at radius 3 is 2.12 bits per heavy atom. The molecular formula is C30H17N2O8S-. The maximum Gasteiger partial charge on any atom is 0.335 e. The molecule has 1 aliphatic carbocycles. The van der Waals surface area contributed by atoms with Gasteiger partial charge in [-0.15, -0.1) is 0 Å². The van der Waals surface area contributed by atoms with Gasteiger partial charge in [0.05, 0.1) is 10.5 Å². The van der Waals surface area contributed by atoms with Crippen molar-refractivity contribution in [2.24, 2.45) is 0 Å². The Kier molecular flexibility index (Phi) is 6.10. The van der Waals surface area contributed by atoms with E-state index in [1.165, 1.54) is 42.7 Å². The van der Waals surface area contributed by atoms with Crippen molar-refractivity contribution in [1.82, 2.24) is 9.97 Å². The van der Waals surface area contributed by atoms with Gasteiger partial charge in [-0.25, -0.2) is 13.2 Å². The summed E-state index contributed by atoms with van der Waals surface area (Å²) in [5.41, 5.74) is 1.24. The molecule has 0 atom stereocenters. The second kappa shape index (κ2) is 9.66. The summed E-state index contributed by atoms with van der Waals surface area (Å²) in [5.74, 6) is -1.54. The molecular weight excluding hydrogens is 548 g/mol. The Balaban J connectivity index is 1.81. The number of fused-ring (bicyclic) bond motifs is 2. The highest BCUT2D eigenvalue weighted by Gasteiger charge is 2.25. The number of nitrogens with zero attached hydrogens (tertiary/aromatic N) is 2. The fourth-order valence-electron chi connectivity index (χ4n) is 4.81. The SMILES string of the molecule is O=C(O)c1ccc(-c2c3cc(-c4cccnc4)c(=O)cc-3oc3cc(O)c(-c4cccnc4)cc23)c(S(=O)(=O)[O-])c1. The Labute approximate surface area is 231 Å². The van der Waals surface area contributed by atoms with Gasteiger partial charge in [0.2, 0.25) is 0 Å². The molecule has 0 saturated heterocycles. The van der Waals surface area contributed by atoms with Gasteiger partial charge in [-0.05, 0) is 36.4 Å². The summed E-state index contributed by atoms with van der Waals surface area (Å²) in [6, 6.07) is 15.5. The summed E-state index contributed by atoms with van der Waals surface area (Å²) in [5, 5.41) is 20.6. The van der Waals surface area contributed by atoms with E-state index in [1.807, 2.05) is 0 Å². The Hall–Kier alpha value is -5.39. The van der Waals surface area contributed by atoms with Gasteiger partial charge in [-0.3, -0.25) is 14.8 Å². The molecule has 11 heteroatoms. The summed E-state index contributed by atoms with van der Waals surface area (Å²) in [6.07, 6.45) is 6.13. The molecule has 4 aromatic rings. The monoisotopic (exact) mass is 565 g/mol. The largest absolute Gasteiger partial charge is 0.744 e. The lowest BCUT2D eigenvalue weighted by molar-refractivity contribution is 0.0696. The fourth-order valence-corrected chi connectivity index (χ4v) is 5.52. The first-order valence-corrected chi connectivity index (χ1v) is 13.4. The summed E-state index contributed by atoms with van der Waals surface area (Å²) >= 11 is 0. The summed E-state index contributed by atoms with van der Waals surface area (Å²) in [4.78, 5) is 32.1. The van der Waals surface area contributed by atoms with Crippen LogP contribution >= 0.6 is 0 Å². The van der Waals surface area contributed by atoms with Gasteiger partial charge < -0.3 is 19.2 Å². The van der Waals surface area contributed by atoms with E-state index in [0.717, 1.165) is 6.07 Å². The van der Waals surface area contributed by atoms with Crippen LogP contribution in [0.5, 0.6) is 5.75 Å². The maximum absolute atomic E-state index is 13.1. The number of aromatic hydroxyl groups is 1. The van der Waals surface area contributed by atoms with E-state index in [-0.39, 0.29) is 44.7 Å². The van der Waals surface area contributed by atoms with Gasteiger partial charge in [0.1, 0.15) is 27.2 Å². The van der Waals surface area contributed by atoms with Crippen LogP contribution in [0.3, 0.4) is 0 Å². The standard InChI is InChI=1S/C30H18N2O8S/c33-24-12-26-22(10-20(24)17-3-1-7-31-14-17)29(19-6-5-16(30(35)36)9-28(19)41(37,38)39)23-11-21(18-4-2-8-32-15-18)25(34)13-27(23)40-26/h1-15,33H,(H,35,36)(H,37,38,39)/p-1. The molecule has 0 fully saturated rings. The molecule has 0 amide bonds. The van der Waals surface area contributed by atoms with Crippen molar-refractivity contribution in [1.29, 1.82) is 0 Å². The van der Waals surface area contributed by atoms with Crippen LogP contribution in [0.2, 0.25) is 0 Å². The van der Waals surface area contributed by atoms with Crippen molar-refractivity contribution in [3.8, 4) is 50.5 Å². The van der Waals surface area contributed by atoms with E-state index in [0.29, 0.717) is 16.7 Å². The quantitative estimate of drug-likeness (QED) is 0.214. The van der Waals surface area contributed by atoms with Crippen LogP contribution in [-0.2, 0) is 10.1 Å². The van der Waals surface area contributed by atoms with Gasteiger partial charge in [0.25, 0.3) is 0 Å². The molecule has 0 radical (unpaired) electrons. The third kappa shape index (κ3) is 4.58. The molecule has 0 bridgehead atoms. The van der Waals surface area contributed by atoms with Crippen LogP contribution in [-0.4, -0.2) is 39.1 Å². The number of phenols is 1. The van der Waals surface area contributed by atoms with Gasteiger partial charge in [-0.2, -0.15) is 0 Å². The molecule has 0 unspecified atom stereocenters. The lowest BCUT2D eigenvalue weighted by atomic mass is 9.89. The van der Waals surface area contributed by atoms with Crippen LogP contribution in [0.25, 0.3) is 55.7 Å². The molecule has 2 aromatic heterocycles. The van der Waals surface area contributed by atoms with Crippen LogP contribution in [0.1, 0.15) is 10.4 Å². The molecule has 2 N–H and O–H groups in total. The Bertz CT molecular complexity index is 2130. The van der Waals surface area contributed by atoms with E-state index in [9.17, 15) is 32.8 Å². The lowest BCUT2D eigenvalue weighted by Gasteiger charge is -2.21. The van der Waals surface area contributed by atoms with Crippen molar-refractivity contribution in [3.05, 3.63) is 107 Å². The first-order valence-electron chi connectivity index (χ1n) is 12.0. The molecule has 3 heterocycles. The molecule has 1 aliphatic heterocycles. The average Bonchev–Trinajstić information content (AvgIpc) is 2.95. The van der Waals surface area contributed by atoms with Crippen molar-refractivity contribution in [2.45, 2.75) is 4.90 Å². The molecule has 6 rings (SSSR count). The normalized spacial score (nSPS) is 11.6. The van der Waals surface area contributed by atoms with E-state index in [1.54, 1.807) is 42.7 Å². The number of phenolic OH excluding ortho intramolecular Hbond substituents is 1. The smallest absolute Gasteiger partial charge is 0.335 e. The van der Waals surface area contributed by atoms with Gasteiger partial charge in [-0.1, -0.05) is 18.2 Å². The first-order chi connectivity index (χ1) is 19.6. The zero-order valence-electron chi connectivity index (χ0n) is 20.8. The first kappa shape index (κ1) is 25.9. The summed E-state index contributed by atoms with van der Waals surface area (Å²) < 4.78 is 43.5. The predicted octanol–water partition coefficient (Wildman–Crippen LogP) is 5.00. The highest BCUT2D eigenvalue weighted by Crippen LogP contribution is 2.46. The highest BCUT2D eigenvalue weighted by atomic mass is 32.2. The number of pyridine rings is 2. The molecule has 2 aromatic carbocycles. The molecule has 41 heavy (non-hydrogen) atoms. The number of rotatable bonds is 5. The molecule has 2 aliphatic rings. The van der Waals surface area contributed by atoms with Crippen molar-refractivity contribution < 1.29 is 32.4 Å². The van der Waals surface area contributed by atoms with E-state index in [4.69, 9.17) is 4.42 Å². The number of benzene rings is 3. The number of aromatic carboxylic acids is 1. The Morgan fingerprint density at radius 1 is 0.829 bits per heavy atom. The minimum atomic E-state index is -5.19. The van der Waals surface area contributed by atoms with Crippen molar-refractivity contribution in [3.63, 3.8) is 0 Å². The zero-order chi connectivity index (χ0) is 28.9. The molecule has 0 saturated carbocycles. The van der Waals surface area contributed by atoms with E-state index >= 15 is 0 Å². The van der Waals surface area contributed by atoms with Crippen LogP contribution in [0, 0.1) is 0 Å². The van der Waals surface area contributed by atoms with Crippen LogP contribution in [0.4, 0.5) is 0 Å². The fraction of sp³-hybridized carbons (Fsp3) is 0. The van der Waals surface area contributed by atoms with Gasteiger partial charge >= 0.3 is 5.97 Å². The average molecular weight is 566 g/mol. The van der Waals surface area contributed by atoms with E-state index < -0.39 is 32.0 Å². The minimum absolute atomic E-state index is 0.0511. The van der Waals surface area contributed by atoms with Crippen molar-refractivity contribution in [2.75, 3.05) is 0 Å². The minimum Gasteiger partial charge on any atom is -0.744 e. The number of carboxylic acid groups (broad SMARTS) is 1. The van der Waals surface area contributed by atoms with Crippen LogP contribution < -0.4 is 5.43 Å². The maximum atomic E-state index is 13.1. The predicted molar refractivity (Wildman–Crippen MR) is 148 cm³/mol. The second-order valence-electron chi connectivity index (χ2n) is 9.14. The molecule has 0 spiro atoms. The second-order valence-corrected chi connectivity index (χ2v) is 10.5. The number of aromatic nitrogens is 2. The highest BCUT2D eigenvalue weighted by molar-refractivity contribution is 7.85.